The quantitative estimate of drug-likeness (QED) is 0.0410. The van der Waals surface area contributed by atoms with Crippen molar-refractivity contribution in [3.8, 4) is 11.3 Å². The number of hydrogen-bond acceptors (Lipinski definition) is 11. The Morgan fingerprint density at radius 3 is 2.60 bits per heavy atom. The van der Waals surface area contributed by atoms with E-state index in [1.54, 1.807) is 40.6 Å². The summed E-state index contributed by atoms with van der Waals surface area (Å²) in [6.07, 6.45) is 3.30. The maximum atomic E-state index is 13.5. The highest BCUT2D eigenvalue weighted by molar-refractivity contribution is 9.10. The van der Waals surface area contributed by atoms with Crippen LogP contribution in [0.2, 0.25) is 0 Å². The SMILES string of the molecule is O=C(CCCCn1cc(-c2ccc(C(=O)NCCNc3nonc3C(=Nc3ccc(F)c(Br)c3)NO)cc2)nn1)NO. The molecule has 17 heteroatoms. The number of amides is 2. The topological polar surface area (TPSA) is 205 Å². The fraction of sp³-hybridized carbons (Fsp3) is 0.240. The largest absolute Gasteiger partial charge is 0.363 e. The first kappa shape index (κ1) is 30.2. The summed E-state index contributed by atoms with van der Waals surface area (Å²) in [6, 6.07) is 10.9. The molecule has 0 aliphatic carbocycles. The van der Waals surface area contributed by atoms with Crippen LogP contribution in [0.5, 0.6) is 0 Å². The van der Waals surface area contributed by atoms with Crippen molar-refractivity contribution in [3.05, 3.63) is 70.2 Å². The summed E-state index contributed by atoms with van der Waals surface area (Å²) < 4.78 is 20.1. The number of amidine groups is 1. The normalized spacial score (nSPS) is 11.3. The van der Waals surface area contributed by atoms with Gasteiger partial charge in [0.15, 0.2) is 11.5 Å². The summed E-state index contributed by atoms with van der Waals surface area (Å²) in [5.41, 5.74) is 5.81. The highest BCUT2D eigenvalue weighted by Gasteiger charge is 2.17. The molecule has 6 N–H and O–H groups in total. The van der Waals surface area contributed by atoms with E-state index in [1.807, 2.05) is 5.48 Å². The Morgan fingerprint density at radius 2 is 1.86 bits per heavy atom. The predicted molar refractivity (Wildman–Crippen MR) is 150 cm³/mol. The molecule has 0 saturated heterocycles. The van der Waals surface area contributed by atoms with E-state index >= 15 is 0 Å². The van der Waals surface area contributed by atoms with Crippen molar-refractivity contribution in [1.29, 1.82) is 0 Å². The van der Waals surface area contributed by atoms with Gasteiger partial charge in [0.2, 0.25) is 11.7 Å². The Morgan fingerprint density at radius 1 is 1.05 bits per heavy atom. The number of rotatable bonds is 13. The van der Waals surface area contributed by atoms with E-state index in [9.17, 15) is 19.2 Å². The average molecular weight is 645 g/mol. The number of benzene rings is 2. The molecular formula is C25H26BrFN10O5. The van der Waals surface area contributed by atoms with Crippen molar-refractivity contribution in [2.24, 2.45) is 4.99 Å². The van der Waals surface area contributed by atoms with Crippen LogP contribution in [0, 0.1) is 5.82 Å². The van der Waals surface area contributed by atoms with Crippen LogP contribution in [0.4, 0.5) is 15.9 Å². The van der Waals surface area contributed by atoms with Gasteiger partial charge in [-0.15, -0.1) is 5.10 Å². The standard InChI is InChI=1S/C25H26BrFN10O5/c26-18-13-17(8-9-19(18)27)30-24(33-41)22-23(35-42-34-22)28-10-11-29-25(39)16-6-4-15(5-7-16)20-14-37(36-31-20)12-2-1-3-21(38)32-40/h4-9,13-14,40-41H,1-3,10-12H2,(H,28,35)(H,29,39)(H,30,33)(H,32,38). The lowest BCUT2D eigenvalue weighted by Gasteiger charge is -2.08. The minimum absolute atomic E-state index is 0.0749. The summed E-state index contributed by atoms with van der Waals surface area (Å²) in [6.45, 7) is 1.05. The maximum Gasteiger partial charge on any atom is 0.251 e. The first-order valence-corrected chi connectivity index (χ1v) is 13.4. The Kier molecular flexibility index (Phi) is 10.6. The molecule has 0 spiro atoms. The second-order valence-electron chi connectivity index (χ2n) is 8.75. The van der Waals surface area contributed by atoms with Crippen LogP contribution in [0.1, 0.15) is 35.3 Å². The molecule has 220 valence electrons. The van der Waals surface area contributed by atoms with E-state index in [2.05, 4.69) is 52.2 Å². The number of nitrogens with one attached hydrogen (secondary N) is 4. The first-order valence-electron chi connectivity index (χ1n) is 12.6. The third-order valence-corrected chi connectivity index (χ3v) is 6.42. The number of carbonyl (C=O) groups is 2. The highest BCUT2D eigenvalue weighted by Crippen LogP contribution is 2.23. The molecule has 42 heavy (non-hydrogen) atoms. The van der Waals surface area contributed by atoms with Crippen molar-refractivity contribution in [3.63, 3.8) is 0 Å². The van der Waals surface area contributed by atoms with E-state index in [0.29, 0.717) is 36.3 Å². The number of aryl methyl sites for hydroxylation is 1. The fourth-order valence-corrected chi connectivity index (χ4v) is 4.05. The predicted octanol–water partition coefficient (Wildman–Crippen LogP) is 2.80. The summed E-state index contributed by atoms with van der Waals surface area (Å²) in [5, 5.41) is 39.5. The van der Waals surface area contributed by atoms with Gasteiger partial charge in [-0.3, -0.25) is 30.2 Å². The van der Waals surface area contributed by atoms with Crippen molar-refractivity contribution < 1.29 is 29.0 Å². The van der Waals surface area contributed by atoms with Gasteiger partial charge in [-0.2, -0.15) is 0 Å². The molecule has 2 aromatic carbocycles. The molecule has 2 amide bonds. The van der Waals surface area contributed by atoms with Gasteiger partial charge < -0.3 is 10.6 Å². The lowest BCUT2D eigenvalue weighted by atomic mass is 10.1. The number of aromatic nitrogens is 5. The number of unbranched alkanes of at least 4 members (excludes halogenated alkanes) is 1. The zero-order chi connectivity index (χ0) is 29.9. The van der Waals surface area contributed by atoms with Crippen LogP contribution >= 0.6 is 15.9 Å². The number of carbonyl (C=O) groups excluding carboxylic acids is 2. The molecule has 0 fully saturated rings. The van der Waals surface area contributed by atoms with Crippen LogP contribution in [0.3, 0.4) is 0 Å². The molecule has 0 unspecified atom stereocenters. The Labute approximate surface area is 246 Å². The van der Waals surface area contributed by atoms with Gasteiger partial charge >= 0.3 is 0 Å². The van der Waals surface area contributed by atoms with E-state index < -0.39 is 11.7 Å². The molecule has 0 aliphatic heterocycles. The minimum Gasteiger partial charge on any atom is -0.363 e. The Hall–Kier alpha value is -4.74. The molecule has 2 heterocycles. The Balaban J connectivity index is 1.25. The summed E-state index contributed by atoms with van der Waals surface area (Å²) >= 11 is 3.08. The molecule has 4 aromatic rings. The average Bonchev–Trinajstić information content (AvgIpc) is 3.68. The molecule has 0 atom stereocenters. The van der Waals surface area contributed by atoms with Crippen LogP contribution in [0.15, 0.2) is 62.8 Å². The van der Waals surface area contributed by atoms with Crippen molar-refractivity contribution >= 4 is 45.1 Å². The maximum absolute atomic E-state index is 13.5. The van der Waals surface area contributed by atoms with Gasteiger partial charge in [-0.1, -0.05) is 17.3 Å². The van der Waals surface area contributed by atoms with Crippen molar-refractivity contribution in [2.75, 3.05) is 18.4 Å². The molecule has 2 aromatic heterocycles. The zero-order valence-corrected chi connectivity index (χ0v) is 23.5. The van der Waals surface area contributed by atoms with Crippen molar-refractivity contribution in [2.45, 2.75) is 25.8 Å². The van der Waals surface area contributed by atoms with E-state index in [1.165, 1.54) is 18.2 Å². The van der Waals surface area contributed by atoms with Crippen molar-refractivity contribution in [1.82, 2.24) is 41.6 Å². The fourth-order valence-electron chi connectivity index (χ4n) is 3.68. The molecular weight excluding hydrogens is 619 g/mol. The third-order valence-electron chi connectivity index (χ3n) is 5.81. The number of halogens is 2. The van der Waals surface area contributed by atoms with Crippen LogP contribution < -0.4 is 21.6 Å². The van der Waals surface area contributed by atoms with E-state index in [0.717, 1.165) is 5.56 Å². The van der Waals surface area contributed by atoms with Crippen LogP contribution in [-0.2, 0) is 11.3 Å². The van der Waals surface area contributed by atoms with Gasteiger partial charge in [0.1, 0.15) is 11.5 Å². The summed E-state index contributed by atoms with van der Waals surface area (Å²) in [7, 11) is 0. The highest BCUT2D eigenvalue weighted by atomic mass is 79.9. The number of anilines is 1. The molecule has 0 bridgehead atoms. The second kappa shape index (κ2) is 14.8. The molecule has 0 aliphatic rings. The molecule has 15 nitrogen and oxygen atoms in total. The van der Waals surface area contributed by atoms with Gasteiger partial charge in [0.25, 0.3) is 5.91 Å². The van der Waals surface area contributed by atoms with Crippen LogP contribution in [0.25, 0.3) is 11.3 Å². The monoisotopic (exact) mass is 644 g/mol. The smallest absolute Gasteiger partial charge is 0.251 e. The Bertz CT molecular complexity index is 1540. The third kappa shape index (κ3) is 8.15. The molecule has 0 saturated carbocycles. The number of hydroxylamine groups is 2. The molecule has 4 rings (SSSR count). The number of nitrogens with zero attached hydrogens (tertiary/aromatic N) is 6. The van der Waals surface area contributed by atoms with E-state index in [4.69, 9.17) is 9.84 Å². The summed E-state index contributed by atoms with van der Waals surface area (Å²) in [5.74, 6) is -1.10. The van der Waals surface area contributed by atoms with Crippen LogP contribution in [-0.4, -0.2) is 66.5 Å². The van der Waals surface area contributed by atoms with Gasteiger partial charge in [-0.25, -0.2) is 19.5 Å². The van der Waals surface area contributed by atoms with Gasteiger partial charge in [0.05, 0.1) is 16.4 Å². The minimum atomic E-state index is -0.461. The first-order chi connectivity index (χ1) is 20.4. The lowest BCUT2D eigenvalue weighted by Crippen LogP contribution is -2.29. The summed E-state index contributed by atoms with van der Waals surface area (Å²) in [4.78, 5) is 27.8. The second-order valence-corrected chi connectivity index (χ2v) is 9.61. The van der Waals surface area contributed by atoms with Gasteiger partial charge in [0, 0.05) is 37.2 Å². The lowest BCUT2D eigenvalue weighted by molar-refractivity contribution is -0.129. The zero-order valence-electron chi connectivity index (χ0n) is 21.9. The van der Waals surface area contributed by atoms with Gasteiger partial charge in [-0.05, 0) is 69.4 Å². The number of aliphatic imine (C=N–C) groups is 1. The van der Waals surface area contributed by atoms with E-state index in [-0.39, 0.29) is 47.2 Å². The molecule has 0 radical (unpaired) electrons. The number of hydrogen-bond donors (Lipinski definition) is 6.